The summed E-state index contributed by atoms with van der Waals surface area (Å²) in [6.45, 7) is 3.72. The summed E-state index contributed by atoms with van der Waals surface area (Å²) in [5.74, 6) is -0.00799. The van der Waals surface area contributed by atoms with Crippen molar-refractivity contribution >= 4 is 17.5 Å². The van der Waals surface area contributed by atoms with Crippen molar-refractivity contribution in [1.82, 2.24) is 10.2 Å². The third kappa shape index (κ3) is 3.36. The summed E-state index contributed by atoms with van der Waals surface area (Å²) in [4.78, 5) is 27.3. The van der Waals surface area contributed by atoms with Gasteiger partial charge in [-0.1, -0.05) is 18.2 Å². The molecule has 108 valence electrons. The third-order valence-electron chi connectivity index (χ3n) is 3.38. The Balaban J connectivity index is 1.91. The number of benzene rings is 1. The molecule has 0 aromatic heterocycles. The zero-order chi connectivity index (χ0) is 14.5. The fourth-order valence-electron chi connectivity index (χ4n) is 2.47. The molecule has 0 atom stereocenters. The molecule has 1 aromatic carbocycles. The van der Waals surface area contributed by atoms with Crippen LogP contribution in [-0.2, 0) is 16.0 Å². The van der Waals surface area contributed by atoms with E-state index in [-0.39, 0.29) is 24.9 Å². The highest BCUT2D eigenvalue weighted by Gasteiger charge is 2.24. The lowest BCUT2D eigenvalue weighted by atomic mass is 10.2. The number of hydrogen-bond donors (Lipinski definition) is 1. The van der Waals surface area contributed by atoms with Crippen LogP contribution < -0.4 is 10.2 Å². The van der Waals surface area contributed by atoms with E-state index in [0.29, 0.717) is 6.54 Å². The number of para-hydroxylation sites is 1. The summed E-state index contributed by atoms with van der Waals surface area (Å²) in [6.07, 6.45) is 0.905. The van der Waals surface area contributed by atoms with Gasteiger partial charge in [0.1, 0.15) is 0 Å². The maximum absolute atomic E-state index is 12.3. The van der Waals surface area contributed by atoms with Crippen molar-refractivity contribution in [3.05, 3.63) is 29.8 Å². The van der Waals surface area contributed by atoms with Crippen molar-refractivity contribution in [2.45, 2.75) is 13.3 Å². The van der Waals surface area contributed by atoms with Crippen molar-refractivity contribution in [1.29, 1.82) is 0 Å². The first-order chi connectivity index (χ1) is 9.61. The van der Waals surface area contributed by atoms with Crippen molar-refractivity contribution < 1.29 is 9.59 Å². The van der Waals surface area contributed by atoms with Crippen LogP contribution in [0.1, 0.15) is 12.5 Å². The average Bonchev–Trinajstić information content (AvgIpc) is 2.82. The number of nitrogens with one attached hydrogen (secondary N) is 1. The molecule has 1 aromatic rings. The van der Waals surface area contributed by atoms with Gasteiger partial charge in [0.05, 0.1) is 13.1 Å². The van der Waals surface area contributed by atoms with E-state index in [2.05, 4.69) is 11.4 Å². The maximum Gasteiger partial charge on any atom is 0.241 e. The molecule has 0 saturated carbocycles. The van der Waals surface area contributed by atoms with E-state index in [0.717, 1.165) is 18.7 Å². The van der Waals surface area contributed by atoms with Crippen molar-refractivity contribution in [2.75, 3.05) is 38.1 Å². The quantitative estimate of drug-likeness (QED) is 0.858. The monoisotopic (exact) mass is 275 g/mol. The zero-order valence-electron chi connectivity index (χ0n) is 12.1. The molecule has 1 aliphatic heterocycles. The molecule has 2 amide bonds. The smallest absolute Gasteiger partial charge is 0.241 e. The van der Waals surface area contributed by atoms with Crippen LogP contribution >= 0.6 is 0 Å². The highest BCUT2D eigenvalue weighted by atomic mass is 16.2. The van der Waals surface area contributed by atoms with Crippen LogP contribution in [0.2, 0.25) is 0 Å². The highest BCUT2D eigenvalue weighted by Crippen LogP contribution is 2.27. The minimum atomic E-state index is -0.0513. The summed E-state index contributed by atoms with van der Waals surface area (Å²) < 4.78 is 0. The summed E-state index contributed by atoms with van der Waals surface area (Å²) >= 11 is 0. The van der Waals surface area contributed by atoms with E-state index in [4.69, 9.17) is 0 Å². The van der Waals surface area contributed by atoms with Crippen molar-refractivity contribution in [2.24, 2.45) is 0 Å². The molecule has 0 unspecified atom stereocenters. The van der Waals surface area contributed by atoms with Gasteiger partial charge in [0.2, 0.25) is 11.8 Å². The minimum absolute atomic E-state index is 0.0433. The van der Waals surface area contributed by atoms with Gasteiger partial charge in [-0.2, -0.15) is 0 Å². The number of anilines is 1. The Kier molecular flexibility index (Phi) is 4.74. The highest BCUT2D eigenvalue weighted by molar-refractivity contribution is 5.97. The fraction of sp³-hybridized carbons (Fsp3) is 0.467. The Morgan fingerprint density at radius 3 is 2.80 bits per heavy atom. The lowest BCUT2D eigenvalue weighted by molar-refractivity contribution is -0.123. The SMILES string of the molecule is CCNC(=O)CN(C)CC(=O)N1CCc2ccccc21. The number of nitrogens with zero attached hydrogens (tertiary/aromatic N) is 2. The fourth-order valence-corrected chi connectivity index (χ4v) is 2.47. The van der Waals surface area contributed by atoms with Crippen LogP contribution in [0.15, 0.2) is 24.3 Å². The standard InChI is InChI=1S/C15H21N3O2/c1-3-16-14(19)10-17(2)11-15(20)18-9-8-12-6-4-5-7-13(12)18/h4-7H,3,8-11H2,1-2H3,(H,16,19). The molecule has 1 aliphatic rings. The number of carbonyl (C=O) groups excluding carboxylic acids is 2. The van der Waals surface area contributed by atoms with Crippen molar-refractivity contribution in [3.8, 4) is 0 Å². The number of rotatable bonds is 5. The van der Waals surface area contributed by atoms with Gasteiger partial charge in [-0.15, -0.1) is 0 Å². The molecular formula is C15H21N3O2. The van der Waals surface area contributed by atoms with E-state index in [9.17, 15) is 9.59 Å². The van der Waals surface area contributed by atoms with Gasteiger partial charge in [-0.25, -0.2) is 0 Å². The summed E-state index contributed by atoms with van der Waals surface area (Å²) in [5, 5.41) is 2.73. The van der Waals surface area contributed by atoms with Gasteiger partial charge in [0.25, 0.3) is 0 Å². The predicted octanol–water partition coefficient (Wildman–Crippen LogP) is 0.644. The molecule has 0 bridgehead atoms. The van der Waals surface area contributed by atoms with Crippen LogP contribution in [0, 0.1) is 0 Å². The zero-order valence-corrected chi connectivity index (χ0v) is 12.1. The second kappa shape index (κ2) is 6.52. The van der Waals surface area contributed by atoms with Gasteiger partial charge in [0.15, 0.2) is 0 Å². The molecule has 5 heteroatoms. The molecule has 5 nitrogen and oxygen atoms in total. The number of amides is 2. The van der Waals surface area contributed by atoms with Gasteiger partial charge >= 0.3 is 0 Å². The molecule has 2 rings (SSSR count). The second-order valence-electron chi connectivity index (χ2n) is 5.05. The molecule has 1 heterocycles. The lowest BCUT2D eigenvalue weighted by Crippen LogP contribution is -2.42. The van der Waals surface area contributed by atoms with E-state index >= 15 is 0 Å². The van der Waals surface area contributed by atoms with Gasteiger partial charge < -0.3 is 10.2 Å². The Hall–Kier alpha value is -1.88. The first-order valence-electron chi connectivity index (χ1n) is 6.95. The van der Waals surface area contributed by atoms with E-state index in [1.807, 2.05) is 30.0 Å². The molecule has 0 saturated heterocycles. The van der Waals surface area contributed by atoms with Gasteiger partial charge in [-0.05, 0) is 32.0 Å². The van der Waals surface area contributed by atoms with Crippen LogP contribution in [0.25, 0.3) is 0 Å². The number of likely N-dealkylation sites (N-methyl/N-ethyl adjacent to an activating group) is 2. The average molecular weight is 275 g/mol. The van der Waals surface area contributed by atoms with Crippen LogP contribution in [-0.4, -0.2) is 49.9 Å². The van der Waals surface area contributed by atoms with E-state index in [1.165, 1.54) is 5.56 Å². The Morgan fingerprint density at radius 2 is 2.05 bits per heavy atom. The topological polar surface area (TPSA) is 52.7 Å². The molecule has 0 aliphatic carbocycles. The molecule has 20 heavy (non-hydrogen) atoms. The third-order valence-corrected chi connectivity index (χ3v) is 3.38. The van der Waals surface area contributed by atoms with Gasteiger partial charge in [0, 0.05) is 18.8 Å². The van der Waals surface area contributed by atoms with Crippen LogP contribution in [0.3, 0.4) is 0 Å². The van der Waals surface area contributed by atoms with E-state index in [1.54, 1.807) is 11.9 Å². The first-order valence-corrected chi connectivity index (χ1v) is 6.95. The molecular weight excluding hydrogens is 254 g/mol. The lowest BCUT2D eigenvalue weighted by Gasteiger charge is -2.21. The Bertz CT molecular complexity index is 502. The summed E-state index contributed by atoms with van der Waals surface area (Å²) in [7, 11) is 1.79. The number of hydrogen-bond acceptors (Lipinski definition) is 3. The molecule has 0 spiro atoms. The summed E-state index contributed by atoms with van der Waals surface area (Å²) in [5.41, 5.74) is 2.22. The minimum Gasteiger partial charge on any atom is -0.355 e. The van der Waals surface area contributed by atoms with Crippen molar-refractivity contribution in [3.63, 3.8) is 0 Å². The number of carbonyl (C=O) groups is 2. The van der Waals surface area contributed by atoms with Crippen LogP contribution in [0.5, 0.6) is 0 Å². The van der Waals surface area contributed by atoms with E-state index < -0.39 is 0 Å². The molecule has 0 radical (unpaired) electrons. The Morgan fingerprint density at radius 1 is 1.30 bits per heavy atom. The first kappa shape index (κ1) is 14.5. The molecule has 1 N–H and O–H groups in total. The van der Waals surface area contributed by atoms with Gasteiger partial charge in [-0.3, -0.25) is 14.5 Å². The largest absolute Gasteiger partial charge is 0.355 e. The predicted molar refractivity (Wildman–Crippen MR) is 78.7 cm³/mol. The normalized spacial score (nSPS) is 13.4. The number of fused-ring (bicyclic) bond motifs is 1. The summed E-state index contributed by atoms with van der Waals surface area (Å²) in [6, 6.07) is 7.97. The maximum atomic E-state index is 12.3. The Labute approximate surface area is 119 Å². The second-order valence-corrected chi connectivity index (χ2v) is 5.05. The van der Waals surface area contributed by atoms with Crippen LogP contribution in [0.4, 0.5) is 5.69 Å². The molecule has 0 fully saturated rings.